The second-order valence-corrected chi connectivity index (χ2v) is 9.08. The first-order valence-corrected chi connectivity index (χ1v) is 11.7. The molecule has 0 spiro atoms. The normalized spacial score (nSPS) is 18.5. The van der Waals surface area contributed by atoms with Gasteiger partial charge < -0.3 is 37.3 Å². The van der Waals surface area contributed by atoms with E-state index >= 15 is 0 Å². The summed E-state index contributed by atoms with van der Waals surface area (Å²) in [5.41, 5.74) is 17.5. The summed E-state index contributed by atoms with van der Waals surface area (Å²) in [5, 5.41) is 13.1. The summed E-state index contributed by atoms with van der Waals surface area (Å²) >= 11 is 0. The smallest absolute Gasteiger partial charge is 0.265 e. The zero-order valence-corrected chi connectivity index (χ0v) is 20.5. The maximum atomic E-state index is 14.8. The zero-order valence-electron chi connectivity index (χ0n) is 20.5. The van der Waals surface area contributed by atoms with Gasteiger partial charge in [-0.15, -0.1) is 0 Å². The SMILES string of the molecule is COc1cc(F)c(-c2cc(CNc3ncnc(N)c3N)c(N3CCC[C@@](N)([C@H](O)C(F)F)C3)cn2)cc1F. The molecule has 1 saturated heterocycles. The summed E-state index contributed by atoms with van der Waals surface area (Å²) in [7, 11) is 1.22. The van der Waals surface area contributed by atoms with E-state index in [2.05, 4.69) is 20.3 Å². The Kier molecular flexibility index (Phi) is 7.73. The maximum absolute atomic E-state index is 14.8. The van der Waals surface area contributed by atoms with Gasteiger partial charge in [0.25, 0.3) is 6.43 Å². The number of hydrogen-bond acceptors (Lipinski definition) is 10. The molecule has 3 aromatic rings. The lowest BCUT2D eigenvalue weighted by Crippen LogP contribution is -2.63. The van der Waals surface area contributed by atoms with Crippen molar-refractivity contribution in [1.29, 1.82) is 0 Å². The Bertz CT molecular complexity index is 1310. The standard InChI is InChI=1S/C24H28F4N8O2/c1-38-18-7-14(25)13(6-15(18)26)16-5-12(8-33-23-19(29)22(30)34-11-35-23)17(9-32-16)36-4-2-3-24(31,10-36)20(37)21(27)28/h5-7,9,11,20-21,37H,2-4,8,10,29,31H2,1H3,(H3,30,33,34,35)/t20-,24+/m1/s1. The third-order valence-electron chi connectivity index (χ3n) is 6.57. The summed E-state index contributed by atoms with van der Waals surface area (Å²) in [5.74, 6) is -1.48. The van der Waals surface area contributed by atoms with E-state index in [1.54, 1.807) is 4.90 Å². The average molecular weight is 537 g/mol. The number of alkyl halides is 2. The molecule has 1 aromatic carbocycles. The van der Waals surface area contributed by atoms with E-state index in [0.717, 1.165) is 12.1 Å². The Morgan fingerprint density at radius 3 is 2.63 bits per heavy atom. The van der Waals surface area contributed by atoms with Crippen LogP contribution in [0.15, 0.2) is 30.7 Å². The largest absolute Gasteiger partial charge is 0.494 e. The molecular weight excluding hydrogens is 508 g/mol. The van der Waals surface area contributed by atoms with Crippen LogP contribution in [-0.2, 0) is 6.54 Å². The van der Waals surface area contributed by atoms with Crippen LogP contribution in [0.3, 0.4) is 0 Å². The number of anilines is 4. The fraction of sp³-hybridized carbons (Fsp3) is 0.375. The van der Waals surface area contributed by atoms with Crippen LogP contribution >= 0.6 is 0 Å². The van der Waals surface area contributed by atoms with Gasteiger partial charge in [0.05, 0.1) is 30.2 Å². The van der Waals surface area contributed by atoms with Gasteiger partial charge in [0.2, 0.25) is 0 Å². The van der Waals surface area contributed by atoms with E-state index in [9.17, 15) is 22.7 Å². The number of aliphatic hydroxyl groups is 1. The number of halogens is 4. The van der Waals surface area contributed by atoms with Gasteiger partial charge in [-0.2, -0.15) is 0 Å². The molecule has 38 heavy (non-hydrogen) atoms. The third kappa shape index (κ3) is 5.36. The van der Waals surface area contributed by atoms with Crippen LogP contribution in [0.1, 0.15) is 18.4 Å². The summed E-state index contributed by atoms with van der Waals surface area (Å²) < 4.78 is 60.7. The monoisotopic (exact) mass is 536 g/mol. The van der Waals surface area contributed by atoms with E-state index in [0.29, 0.717) is 24.2 Å². The van der Waals surface area contributed by atoms with Crippen LogP contribution in [0.4, 0.5) is 40.6 Å². The van der Waals surface area contributed by atoms with Gasteiger partial charge in [-0.3, -0.25) is 4.98 Å². The van der Waals surface area contributed by atoms with Gasteiger partial charge in [-0.05, 0) is 30.5 Å². The minimum absolute atomic E-state index is 0.0667. The van der Waals surface area contributed by atoms with Crippen LogP contribution in [-0.4, -0.2) is 58.3 Å². The van der Waals surface area contributed by atoms with Crippen molar-refractivity contribution in [3.05, 3.63) is 47.9 Å². The van der Waals surface area contributed by atoms with Crippen LogP contribution in [0.5, 0.6) is 5.75 Å². The summed E-state index contributed by atoms with van der Waals surface area (Å²) in [4.78, 5) is 13.9. The Morgan fingerprint density at radius 1 is 1.16 bits per heavy atom. The van der Waals surface area contributed by atoms with Crippen LogP contribution in [0.2, 0.25) is 0 Å². The number of ether oxygens (including phenoxy) is 1. The van der Waals surface area contributed by atoms with E-state index in [1.807, 2.05) is 0 Å². The Morgan fingerprint density at radius 2 is 1.92 bits per heavy atom. The number of rotatable bonds is 8. The van der Waals surface area contributed by atoms with E-state index in [1.165, 1.54) is 25.7 Å². The molecule has 2 atom stereocenters. The molecule has 0 saturated carbocycles. The first-order valence-electron chi connectivity index (χ1n) is 11.7. The number of nitrogens with zero attached hydrogens (tertiary/aromatic N) is 4. The number of piperidine rings is 1. The fourth-order valence-electron chi connectivity index (χ4n) is 4.48. The molecule has 1 fully saturated rings. The predicted octanol–water partition coefficient (Wildman–Crippen LogP) is 2.53. The van der Waals surface area contributed by atoms with E-state index in [4.69, 9.17) is 21.9 Å². The minimum Gasteiger partial charge on any atom is -0.494 e. The number of aliphatic hydroxyl groups excluding tert-OH is 1. The number of nitrogens with one attached hydrogen (secondary N) is 1. The second kappa shape index (κ2) is 10.8. The molecule has 3 heterocycles. The Hall–Kier alpha value is -3.91. The lowest BCUT2D eigenvalue weighted by atomic mass is 9.84. The fourth-order valence-corrected chi connectivity index (χ4v) is 4.48. The summed E-state index contributed by atoms with van der Waals surface area (Å²) in [6.45, 7) is 0.426. The molecule has 8 N–H and O–H groups in total. The number of hydrogen-bond donors (Lipinski definition) is 5. The van der Waals surface area contributed by atoms with Crippen molar-refractivity contribution in [2.24, 2.45) is 5.73 Å². The minimum atomic E-state index is -3.01. The van der Waals surface area contributed by atoms with Gasteiger partial charge in [0.1, 0.15) is 23.9 Å². The van der Waals surface area contributed by atoms with Gasteiger partial charge >= 0.3 is 0 Å². The number of aromatic nitrogens is 3. The van der Waals surface area contributed by atoms with Crippen molar-refractivity contribution in [2.75, 3.05) is 41.9 Å². The molecule has 0 bridgehead atoms. The van der Waals surface area contributed by atoms with E-state index < -0.39 is 29.7 Å². The van der Waals surface area contributed by atoms with Gasteiger partial charge in [0, 0.05) is 31.3 Å². The number of nitrogens with two attached hydrogens (primary N) is 3. The number of pyridine rings is 1. The number of benzene rings is 1. The van der Waals surface area contributed by atoms with E-state index in [-0.39, 0.29) is 53.8 Å². The lowest BCUT2D eigenvalue weighted by Gasteiger charge is -2.44. The molecule has 1 aliphatic heterocycles. The molecule has 4 rings (SSSR count). The molecular formula is C24H28F4N8O2. The average Bonchev–Trinajstić information content (AvgIpc) is 2.90. The lowest BCUT2D eigenvalue weighted by molar-refractivity contribution is -0.0529. The van der Waals surface area contributed by atoms with Crippen molar-refractivity contribution in [2.45, 2.75) is 37.5 Å². The second-order valence-electron chi connectivity index (χ2n) is 9.08. The number of nitrogen functional groups attached to an aromatic ring is 2. The highest BCUT2D eigenvalue weighted by atomic mass is 19.3. The third-order valence-corrected chi connectivity index (χ3v) is 6.57. The van der Waals surface area contributed by atoms with Gasteiger partial charge in [-0.25, -0.2) is 27.5 Å². The van der Waals surface area contributed by atoms with Crippen molar-refractivity contribution in [3.63, 3.8) is 0 Å². The molecule has 0 radical (unpaired) electrons. The molecule has 2 aromatic heterocycles. The van der Waals surface area contributed by atoms with Crippen molar-refractivity contribution in [1.82, 2.24) is 15.0 Å². The zero-order chi connectivity index (χ0) is 27.6. The highest BCUT2D eigenvalue weighted by Crippen LogP contribution is 2.34. The molecule has 1 aliphatic rings. The van der Waals surface area contributed by atoms with Crippen molar-refractivity contribution >= 4 is 23.0 Å². The molecule has 0 aliphatic carbocycles. The Balaban J connectivity index is 1.74. The van der Waals surface area contributed by atoms with Crippen molar-refractivity contribution < 1.29 is 27.4 Å². The van der Waals surface area contributed by atoms with Crippen LogP contribution in [0, 0.1) is 11.6 Å². The molecule has 14 heteroatoms. The number of methoxy groups -OCH3 is 1. The topological polar surface area (TPSA) is 161 Å². The van der Waals surface area contributed by atoms with Gasteiger partial charge in [-0.1, -0.05) is 0 Å². The first kappa shape index (κ1) is 27.1. The highest BCUT2D eigenvalue weighted by molar-refractivity contribution is 5.73. The molecule has 10 nitrogen and oxygen atoms in total. The maximum Gasteiger partial charge on any atom is 0.265 e. The summed E-state index contributed by atoms with van der Waals surface area (Å²) in [6, 6.07) is 3.42. The van der Waals surface area contributed by atoms with Crippen molar-refractivity contribution in [3.8, 4) is 17.0 Å². The quantitative estimate of drug-likeness (QED) is 0.271. The molecule has 0 unspecified atom stereocenters. The summed E-state index contributed by atoms with van der Waals surface area (Å²) in [6.07, 6.45) is -1.77. The van der Waals surface area contributed by atoms with Crippen LogP contribution < -0.4 is 32.2 Å². The molecule has 0 amide bonds. The first-order chi connectivity index (χ1) is 18.0. The molecule has 204 valence electrons. The predicted molar refractivity (Wildman–Crippen MR) is 135 cm³/mol. The van der Waals surface area contributed by atoms with Crippen LogP contribution in [0.25, 0.3) is 11.3 Å². The Labute approximate surface area is 215 Å². The van der Waals surface area contributed by atoms with Gasteiger partial charge in [0.15, 0.2) is 23.2 Å². The highest BCUT2D eigenvalue weighted by Gasteiger charge is 2.43.